The summed E-state index contributed by atoms with van der Waals surface area (Å²) in [5, 5.41) is 0. The molecule has 0 aliphatic heterocycles. The lowest BCUT2D eigenvalue weighted by molar-refractivity contribution is 0.404. The maximum absolute atomic E-state index is 5.55. The molecule has 0 radical (unpaired) electrons. The van der Waals surface area contributed by atoms with Crippen molar-refractivity contribution < 1.29 is 0 Å². The van der Waals surface area contributed by atoms with Crippen molar-refractivity contribution in [2.75, 3.05) is 5.43 Å². The Morgan fingerprint density at radius 3 is 2.74 bits per heavy atom. The third-order valence-electron chi connectivity index (χ3n) is 4.63. The van der Waals surface area contributed by atoms with Gasteiger partial charge in [0.1, 0.15) is 11.6 Å². The summed E-state index contributed by atoms with van der Waals surface area (Å²) in [4.78, 5) is 9.43. The van der Waals surface area contributed by atoms with E-state index in [-0.39, 0.29) is 0 Å². The molecule has 3 unspecified atom stereocenters. The van der Waals surface area contributed by atoms with Crippen molar-refractivity contribution in [3.05, 3.63) is 17.6 Å². The Hall–Kier alpha value is -1.16. The molecule has 2 aliphatic carbocycles. The van der Waals surface area contributed by atoms with Crippen LogP contribution in [0.1, 0.15) is 57.0 Å². The topological polar surface area (TPSA) is 63.8 Å². The molecule has 1 heterocycles. The second-order valence-electron chi connectivity index (χ2n) is 6.63. The molecule has 2 aliphatic rings. The molecule has 0 aromatic carbocycles. The molecule has 3 atom stereocenters. The van der Waals surface area contributed by atoms with Crippen LogP contribution in [-0.4, -0.2) is 9.97 Å². The summed E-state index contributed by atoms with van der Waals surface area (Å²) >= 11 is 0. The summed E-state index contributed by atoms with van der Waals surface area (Å²) in [5.74, 6) is 10.2. The lowest BCUT2D eigenvalue weighted by atomic mass is 9.88. The number of hydrogen-bond donors (Lipinski definition) is 2. The summed E-state index contributed by atoms with van der Waals surface area (Å²) in [6.07, 6.45) is 6.42. The first-order valence-electron chi connectivity index (χ1n) is 7.50. The van der Waals surface area contributed by atoms with Gasteiger partial charge in [0, 0.05) is 17.7 Å². The van der Waals surface area contributed by atoms with Crippen LogP contribution < -0.4 is 11.3 Å². The maximum Gasteiger partial charge on any atom is 0.143 e. The highest BCUT2D eigenvalue weighted by Crippen LogP contribution is 2.52. The lowest BCUT2D eigenvalue weighted by Crippen LogP contribution is -2.17. The summed E-state index contributed by atoms with van der Waals surface area (Å²) in [6.45, 7) is 4.43. The zero-order valence-electron chi connectivity index (χ0n) is 11.9. The van der Waals surface area contributed by atoms with Crippen molar-refractivity contribution in [1.29, 1.82) is 0 Å². The quantitative estimate of drug-likeness (QED) is 0.645. The van der Waals surface area contributed by atoms with Crippen molar-refractivity contribution in [3.8, 4) is 0 Å². The van der Waals surface area contributed by atoms with Crippen LogP contribution in [0.2, 0.25) is 0 Å². The van der Waals surface area contributed by atoms with Gasteiger partial charge < -0.3 is 5.43 Å². The fourth-order valence-electron chi connectivity index (χ4n) is 3.84. The molecule has 2 fully saturated rings. The van der Waals surface area contributed by atoms with Gasteiger partial charge in [-0.05, 0) is 43.4 Å². The predicted octanol–water partition coefficient (Wildman–Crippen LogP) is 2.86. The molecule has 3 rings (SSSR count). The smallest absolute Gasteiger partial charge is 0.143 e. The second kappa shape index (κ2) is 5.08. The Bertz CT molecular complexity index is 457. The van der Waals surface area contributed by atoms with Gasteiger partial charge in [-0.25, -0.2) is 15.8 Å². The molecule has 3 N–H and O–H groups in total. The fourth-order valence-corrected chi connectivity index (χ4v) is 3.84. The highest BCUT2D eigenvalue weighted by Gasteiger charge is 2.41. The Labute approximate surface area is 115 Å². The number of aromatic nitrogens is 2. The Morgan fingerprint density at radius 2 is 2.16 bits per heavy atom. The molecule has 19 heavy (non-hydrogen) atoms. The fraction of sp³-hybridized carbons (Fsp3) is 0.733. The van der Waals surface area contributed by atoms with Gasteiger partial charge in [-0.3, -0.25) is 0 Å². The number of nitrogens with zero attached hydrogens (tertiary/aromatic N) is 2. The van der Waals surface area contributed by atoms with Crippen LogP contribution in [0.3, 0.4) is 0 Å². The van der Waals surface area contributed by atoms with Crippen molar-refractivity contribution in [3.63, 3.8) is 0 Å². The van der Waals surface area contributed by atoms with Crippen molar-refractivity contribution in [2.24, 2.45) is 23.6 Å². The van der Waals surface area contributed by atoms with Gasteiger partial charge in [-0.1, -0.05) is 20.3 Å². The van der Waals surface area contributed by atoms with Crippen LogP contribution in [0.4, 0.5) is 5.82 Å². The highest BCUT2D eigenvalue weighted by atomic mass is 15.3. The van der Waals surface area contributed by atoms with Crippen molar-refractivity contribution >= 4 is 5.82 Å². The van der Waals surface area contributed by atoms with Gasteiger partial charge in [-0.2, -0.15) is 0 Å². The summed E-state index contributed by atoms with van der Waals surface area (Å²) in [6, 6.07) is 1.98. The van der Waals surface area contributed by atoms with E-state index < -0.39 is 0 Å². The van der Waals surface area contributed by atoms with E-state index in [4.69, 9.17) is 10.8 Å². The number of rotatable bonds is 4. The van der Waals surface area contributed by atoms with Crippen LogP contribution in [-0.2, 0) is 6.42 Å². The van der Waals surface area contributed by atoms with Crippen LogP contribution >= 0.6 is 0 Å². The number of hydrazine groups is 1. The van der Waals surface area contributed by atoms with Crippen LogP contribution in [0, 0.1) is 17.8 Å². The average molecular weight is 260 g/mol. The summed E-state index contributed by atoms with van der Waals surface area (Å²) in [5.41, 5.74) is 3.82. The van der Waals surface area contributed by atoms with Gasteiger partial charge >= 0.3 is 0 Å². The molecule has 2 bridgehead atoms. The number of anilines is 1. The molecule has 1 aromatic heterocycles. The standard InChI is InChI=1S/C15H24N4/c1-9(2)5-12-8-14(19-16)18-15(17-12)13-7-10-3-4-11(13)6-10/h8-11,13H,3-7,16H2,1-2H3,(H,17,18,19). The van der Waals surface area contributed by atoms with Crippen molar-refractivity contribution in [1.82, 2.24) is 9.97 Å². The van der Waals surface area contributed by atoms with E-state index in [1.54, 1.807) is 0 Å². The Kier molecular flexibility index (Phi) is 3.44. The van der Waals surface area contributed by atoms with E-state index in [1.165, 1.54) is 25.7 Å². The minimum absolute atomic E-state index is 0.568. The minimum Gasteiger partial charge on any atom is -0.308 e. The first kappa shape index (κ1) is 12.9. The Morgan fingerprint density at radius 1 is 1.32 bits per heavy atom. The zero-order valence-corrected chi connectivity index (χ0v) is 11.9. The molecule has 0 spiro atoms. The third-order valence-corrected chi connectivity index (χ3v) is 4.63. The van der Waals surface area contributed by atoms with E-state index in [0.29, 0.717) is 11.8 Å². The molecule has 0 saturated heterocycles. The number of nitrogen functional groups attached to an aromatic ring is 1. The maximum atomic E-state index is 5.55. The molecular formula is C15H24N4. The van der Waals surface area contributed by atoms with Crippen molar-refractivity contribution in [2.45, 2.75) is 51.9 Å². The minimum atomic E-state index is 0.568. The Balaban J connectivity index is 1.87. The van der Waals surface area contributed by atoms with Gasteiger partial charge in [0.25, 0.3) is 0 Å². The normalized spacial score (nSPS) is 29.2. The van der Waals surface area contributed by atoms with E-state index in [0.717, 1.165) is 35.6 Å². The largest absolute Gasteiger partial charge is 0.308 e. The van der Waals surface area contributed by atoms with E-state index >= 15 is 0 Å². The summed E-state index contributed by atoms with van der Waals surface area (Å²) < 4.78 is 0. The van der Waals surface area contributed by atoms with Crippen LogP contribution in [0.5, 0.6) is 0 Å². The molecule has 4 heteroatoms. The molecule has 1 aromatic rings. The molecule has 104 valence electrons. The first-order valence-corrected chi connectivity index (χ1v) is 7.50. The first-order chi connectivity index (χ1) is 9.15. The van der Waals surface area contributed by atoms with Crippen LogP contribution in [0.15, 0.2) is 6.07 Å². The molecular weight excluding hydrogens is 236 g/mol. The molecule has 2 saturated carbocycles. The number of nitrogens with one attached hydrogen (secondary N) is 1. The lowest BCUT2D eigenvalue weighted by Gasteiger charge is -2.21. The van der Waals surface area contributed by atoms with Gasteiger partial charge in [0.2, 0.25) is 0 Å². The predicted molar refractivity (Wildman–Crippen MR) is 76.6 cm³/mol. The average Bonchev–Trinajstić information content (AvgIpc) is 2.99. The number of nitrogens with two attached hydrogens (primary N) is 1. The van der Waals surface area contributed by atoms with E-state index in [9.17, 15) is 0 Å². The van der Waals surface area contributed by atoms with E-state index in [2.05, 4.69) is 24.3 Å². The zero-order chi connectivity index (χ0) is 13.4. The van der Waals surface area contributed by atoms with E-state index in [1.807, 2.05) is 6.07 Å². The monoisotopic (exact) mass is 260 g/mol. The third kappa shape index (κ3) is 2.59. The number of fused-ring (bicyclic) bond motifs is 2. The van der Waals surface area contributed by atoms with Gasteiger partial charge in [0.05, 0.1) is 0 Å². The molecule has 0 amide bonds. The SMILES string of the molecule is CC(C)Cc1cc(NN)nc(C2CC3CCC2C3)n1. The van der Waals surface area contributed by atoms with Gasteiger partial charge in [-0.15, -0.1) is 0 Å². The van der Waals surface area contributed by atoms with Gasteiger partial charge in [0.15, 0.2) is 0 Å². The molecule has 4 nitrogen and oxygen atoms in total. The highest BCUT2D eigenvalue weighted by molar-refractivity contribution is 5.35. The van der Waals surface area contributed by atoms with Crippen LogP contribution in [0.25, 0.3) is 0 Å². The number of hydrogen-bond acceptors (Lipinski definition) is 4. The summed E-state index contributed by atoms with van der Waals surface area (Å²) in [7, 11) is 0. The second-order valence-corrected chi connectivity index (χ2v) is 6.63.